The third-order valence-electron chi connectivity index (χ3n) is 3.25. The van der Waals surface area contributed by atoms with Crippen LogP contribution in [-0.2, 0) is 0 Å². The number of nitrogens with zero attached hydrogens (tertiary/aromatic N) is 4. The van der Waals surface area contributed by atoms with Crippen LogP contribution < -0.4 is 4.90 Å². The van der Waals surface area contributed by atoms with Gasteiger partial charge >= 0.3 is 0 Å². The van der Waals surface area contributed by atoms with Gasteiger partial charge in [-0.25, -0.2) is 4.98 Å². The molecule has 3 rings (SSSR count). The zero-order valence-corrected chi connectivity index (χ0v) is 11.1. The fraction of sp³-hybridized carbons (Fsp3) is 0.462. The number of aryl methyl sites for hydroxylation is 1. The Morgan fingerprint density at radius 3 is 2.70 bits per heavy atom. The maximum Gasteiger partial charge on any atom is 0.258 e. The van der Waals surface area contributed by atoms with E-state index >= 15 is 0 Å². The molecule has 0 spiro atoms. The van der Waals surface area contributed by atoms with E-state index in [0.29, 0.717) is 37.0 Å². The molecule has 0 saturated carbocycles. The number of aliphatic hydroxyl groups is 2. The topological polar surface area (TPSA) is 95.5 Å². The second-order valence-electron chi connectivity index (χ2n) is 5.00. The predicted molar refractivity (Wildman–Crippen MR) is 71.1 cm³/mol. The number of pyridine rings is 1. The smallest absolute Gasteiger partial charge is 0.258 e. The predicted octanol–water partition coefficient (Wildman–Crippen LogP) is 0.372. The van der Waals surface area contributed by atoms with Crippen molar-refractivity contribution in [1.29, 1.82) is 0 Å². The van der Waals surface area contributed by atoms with Crippen molar-refractivity contribution in [2.45, 2.75) is 25.6 Å². The number of hydrogen-bond acceptors (Lipinski definition) is 7. The van der Waals surface area contributed by atoms with E-state index in [0.717, 1.165) is 5.56 Å². The van der Waals surface area contributed by atoms with Gasteiger partial charge in [0.15, 0.2) is 5.82 Å². The molecule has 1 aliphatic rings. The zero-order valence-electron chi connectivity index (χ0n) is 11.1. The minimum Gasteiger partial charge on any atom is -0.391 e. The average Bonchev–Trinajstić information content (AvgIpc) is 2.85. The molecule has 2 aromatic heterocycles. The quantitative estimate of drug-likeness (QED) is 0.818. The molecule has 1 aliphatic heterocycles. The van der Waals surface area contributed by atoms with E-state index in [-0.39, 0.29) is 0 Å². The number of aliphatic hydroxyl groups excluding tert-OH is 2. The van der Waals surface area contributed by atoms with Crippen molar-refractivity contribution >= 4 is 5.82 Å². The van der Waals surface area contributed by atoms with Crippen LogP contribution in [0, 0.1) is 6.92 Å². The Balaban J connectivity index is 1.87. The van der Waals surface area contributed by atoms with Crippen molar-refractivity contribution in [3.8, 4) is 11.5 Å². The molecule has 7 heteroatoms. The number of hydrogen-bond donors (Lipinski definition) is 2. The summed E-state index contributed by atoms with van der Waals surface area (Å²) in [5.41, 5.74) is 0.769. The summed E-state index contributed by atoms with van der Waals surface area (Å²) in [4.78, 5) is 10.3. The fourth-order valence-corrected chi connectivity index (χ4v) is 2.37. The minimum absolute atomic E-state index is 0.402. The summed E-state index contributed by atoms with van der Waals surface area (Å²) in [6, 6.07) is 3.60. The van der Waals surface area contributed by atoms with Gasteiger partial charge in [0.1, 0.15) is 5.82 Å². The van der Waals surface area contributed by atoms with Crippen LogP contribution in [0.15, 0.2) is 22.9 Å². The molecule has 0 unspecified atom stereocenters. The first-order valence-electron chi connectivity index (χ1n) is 6.49. The summed E-state index contributed by atoms with van der Waals surface area (Å²) in [7, 11) is 0. The molecule has 20 heavy (non-hydrogen) atoms. The molecule has 7 nitrogen and oxygen atoms in total. The maximum absolute atomic E-state index is 9.73. The maximum atomic E-state index is 9.73. The number of piperidine rings is 1. The first kappa shape index (κ1) is 13.0. The van der Waals surface area contributed by atoms with Crippen LogP contribution in [0.4, 0.5) is 5.82 Å². The van der Waals surface area contributed by atoms with Gasteiger partial charge in [-0.2, -0.15) is 4.98 Å². The lowest BCUT2D eigenvalue weighted by Gasteiger charge is -2.34. The van der Waals surface area contributed by atoms with E-state index in [4.69, 9.17) is 4.52 Å². The van der Waals surface area contributed by atoms with E-state index in [2.05, 4.69) is 15.1 Å². The summed E-state index contributed by atoms with van der Waals surface area (Å²) >= 11 is 0. The number of anilines is 1. The van der Waals surface area contributed by atoms with Gasteiger partial charge in [-0.3, -0.25) is 0 Å². The van der Waals surface area contributed by atoms with Crippen molar-refractivity contribution in [1.82, 2.24) is 15.1 Å². The highest BCUT2D eigenvalue weighted by molar-refractivity contribution is 5.58. The molecule has 2 aromatic rings. The van der Waals surface area contributed by atoms with Gasteiger partial charge < -0.3 is 19.6 Å². The van der Waals surface area contributed by atoms with E-state index < -0.39 is 12.2 Å². The molecular weight excluding hydrogens is 260 g/mol. The summed E-state index contributed by atoms with van der Waals surface area (Å²) in [6.07, 6.45) is 0.959. The van der Waals surface area contributed by atoms with Gasteiger partial charge in [-0.15, -0.1) is 0 Å². The molecule has 1 fully saturated rings. The van der Waals surface area contributed by atoms with Crippen LogP contribution in [0.5, 0.6) is 0 Å². The molecule has 0 aromatic carbocycles. The average molecular weight is 276 g/mol. The van der Waals surface area contributed by atoms with Crippen LogP contribution in [-0.4, -0.2) is 50.6 Å². The van der Waals surface area contributed by atoms with Crippen molar-refractivity contribution in [3.05, 3.63) is 24.2 Å². The first-order valence-corrected chi connectivity index (χ1v) is 6.49. The fourth-order valence-electron chi connectivity index (χ4n) is 2.37. The molecule has 0 aliphatic carbocycles. The van der Waals surface area contributed by atoms with Crippen molar-refractivity contribution < 1.29 is 14.7 Å². The summed E-state index contributed by atoms with van der Waals surface area (Å²) < 4.78 is 5.13. The Morgan fingerprint density at radius 1 is 1.30 bits per heavy atom. The highest BCUT2D eigenvalue weighted by Crippen LogP contribution is 2.23. The zero-order chi connectivity index (χ0) is 14.1. The second kappa shape index (κ2) is 5.18. The van der Waals surface area contributed by atoms with Crippen LogP contribution in [0.3, 0.4) is 0 Å². The lowest BCUT2D eigenvalue weighted by molar-refractivity contribution is 0.0648. The Labute approximate surface area is 115 Å². The molecular formula is C13H16N4O3. The van der Waals surface area contributed by atoms with E-state index in [1.165, 1.54) is 0 Å². The highest BCUT2D eigenvalue weighted by Gasteiger charge is 2.25. The van der Waals surface area contributed by atoms with Gasteiger partial charge in [0.05, 0.1) is 12.2 Å². The standard InChI is InChI=1S/C13H16N4O3/c1-8-15-13(20-16-8)9-2-3-14-12(4-9)17-6-10(18)5-11(19)7-17/h2-4,10-11,18-19H,5-7H2,1H3/t10-,11-/m1/s1. The molecule has 106 valence electrons. The van der Waals surface area contributed by atoms with E-state index in [1.54, 1.807) is 19.2 Å². The molecule has 2 atom stereocenters. The molecule has 3 heterocycles. The SMILES string of the molecule is Cc1noc(-c2ccnc(N3C[C@H](O)C[C@@H](O)C3)c2)n1. The van der Waals surface area contributed by atoms with Crippen molar-refractivity contribution in [2.24, 2.45) is 0 Å². The Kier molecular flexibility index (Phi) is 3.37. The van der Waals surface area contributed by atoms with Gasteiger partial charge in [0.2, 0.25) is 0 Å². The number of aromatic nitrogens is 3. The molecule has 1 saturated heterocycles. The normalized spacial score (nSPS) is 23.1. The van der Waals surface area contributed by atoms with Gasteiger partial charge in [-0.1, -0.05) is 5.16 Å². The lowest BCUT2D eigenvalue weighted by atomic mass is 10.1. The third-order valence-corrected chi connectivity index (χ3v) is 3.25. The third kappa shape index (κ3) is 2.63. The summed E-state index contributed by atoms with van der Waals surface area (Å²) in [6.45, 7) is 2.67. The first-order chi connectivity index (χ1) is 9.61. The van der Waals surface area contributed by atoms with Gasteiger partial charge in [-0.05, 0) is 19.1 Å². The van der Waals surface area contributed by atoms with Crippen molar-refractivity contribution in [2.75, 3.05) is 18.0 Å². The second-order valence-corrected chi connectivity index (χ2v) is 5.00. The molecule has 0 amide bonds. The Bertz CT molecular complexity index is 591. The largest absolute Gasteiger partial charge is 0.391 e. The highest BCUT2D eigenvalue weighted by atomic mass is 16.5. The van der Waals surface area contributed by atoms with Gasteiger partial charge in [0.25, 0.3) is 5.89 Å². The minimum atomic E-state index is -0.546. The molecule has 0 bridgehead atoms. The van der Waals surface area contributed by atoms with Crippen LogP contribution in [0.2, 0.25) is 0 Å². The van der Waals surface area contributed by atoms with Crippen molar-refractivity contribution in [3.63, 3.8) is 0 Å². The molecule has 0 radical (unpaired) electrons. The van der Waals surface area contributed by atoms with Gasteiger partial charge in [0, 0.05) is 31.3 Å². The monoisotopic (exact) mass is 276 g/mol. The Morgan fingerprint density at radius 2 is 2.05 bits per heavy atom. The number of β-amino-alcohol motifs (C(OH)–C–C–N with tert-alkyl or cyclic N) is 2. The van der Waals surface area contributed by atoms with Crippen LogP contribution in [0.1, 0.15) is 12.2 Å². The number of rotatable bonds is 2. The van der Waals surface area contributed by atoms with Crippen LogP contribution in [0.25, 0.3) is 11.5 Å². The van der Waals surface area contributed by atoms with Crippen LogP contribution >= 0.6 is 0 Å². The lowest BCUT2D eigenvalue weighted by Crippen LogP contribution is -2.46. The van der Waals surface area contributed by atoms with E-state index in [9.17, 15) is 10.2 Å². The summed E-state index contributed by atoms with van der Waals surface area (Å²) in [5.74, 6) is 1.68. The summed E-state index contributed by atoms with van der Waals surface area (Å²) in [5, 5.41) is 23.2. The molecule has 2 N–H and O–H groups in total. The van der Waals surface area contributed by atoms with E-state index in [1.807, 2.05) is 11.0 Å². The Hall–Kier alpha value is -1.99.